The number of aromatic nitrogens is 1. The van der Waals surface area contributed by atoms with Gasteiger partial charge in [-0.05, 0) is 49.1 Å². The van der Waals surface area contributed by atoms with Crippen LogP contribution in [0.4, 0.5) is 5.82 Å². The second kappa shape index (κ2) is 7.42. The second-order valence-corrected chi connectivity index (χ2v) is 7.17. The molecule has 25 heavy (non-hydrogen) atoms. The van der Waals surface area contributed by atoms with Crippen molar-refractivity contribution in [3.8, 4) is 0 Å². The highest BCUT2D eigenvalue weighted by atomic mass is 35.5. The quantitative estimate of drug-likeness (QED) is 0.860. The zero-order valence-corrected chi connectivity index (χ0v) is 14.7. The Bertz CT molecular complexity index is 768. The van der Waals surface area contributed by atoms with Crippen molar-refractivity contribution in [1.82, 2.24) is 4.98 Å². The first-order valence-corrected chi connectivity index (χ1v) is 8.76. The van der Waals surface area contributed by atoms with Crippen LogP contribution in [0.1, 0.15) is 28.8 Å². The number of nitrogens with two attached hydrogens (primary N) is 1. The Kier molecular flexibility index (Phi) is 5.25. The molecular formula is C19H22ClN3O2. The molecule has 1 saturated heterocycles. The lowest BCUT2D eigenvalue weighted by molar-refractivity contribution is 0.0994. The van der Waals surface area contributed by atoms with Gasteiger partial charge in [0, 0.05) is 29.7 Å². The molecule has 1 fully saturated rings. The molecular weight excluding hydrogens is 338 g/mol. The standard InChI is InChI=1S/C19H22ClN3O2/c20-15-5-1-4-14(10-15)11-19(13-24)7-3-9-23(12-19)18-16(17(21)25)6-2-8-22-18/h1-2,4-6,8,10,24H,3,7,9,11-13H2,(H2,21,25). The van der Waals surface area contributed by atoms with Crippen LogP contribution in [-0.2, 0) is 6.42 Å². The lowest BCUT2D eigenvalue weighted by atomic mass is 9.75. The Morgan fingerprint density at radius 2 is 2.20 bits per heavy atom. The highest BCUT2D eigenvalue weighted by Crippen LogP contribution is 2.36. The fourth-order valence-corrected chi connectivity index (χ4v) is 3.85. The number of aliphatic hydroxyl groups excluding tert-OH is 1. The monoisotopic (exact) mass is 359 g/mol. The number of carbonyl (C=O) groups excluding carboxylic acids is 1. The van der Waals surface area contributed by atoms with Crippen LogP contribution in [0.3, 0.4) is 0 Å². The zero-order chi connectivity index (χ0) is 17.9. The van der Waals surface area contributed by atoms with Crippen LogP contribution in [-0.4, -0.2) is 35.7 Å². The summed E-state index contributed by atoms with van der Waals surface area (Å²) in [6.45, 7) is 1.47. The number of nitrogens with zero attached hydrogens (tertiary/aromatic N) is 2. The molecule has 2 heterocycles. The third-order valence-electron chi connectivity index (χ3n) is 4.82. The molecule has 0 spiro atoms. The number of hydrogen-bond acceptors (Lipinski definition) is 4. The largest absolute Gasteiger partial charge is 0.396 e. The van der Waals surface area contributed by atoms with Crippen LogP contribution in [0.5, 0.6) is 0 Å². The minimum absolute atomic E-state index is 0.0642. The molecule has 1 aliphatic rings. The van der Waals surface area contributed by atoms with Crippen molar-refractivity contribution in [1.29, 1.82) is 0 Å². The molecule has 3 N–H and O–H groups in total. The van der Waals surface area contributed by atoms with E-state index in [9.17, 15) is 9.90 Å². The summed E-state index contributed by atoms with van der Waals surface area (Å²) in [5.41, 5.74) is 6.71. The SMILES string of the molecule is NC(=O)c1cccnc1N1CCCC(CO)(Cc2cccc(Cl)c2)C1. The first kappa shape index (κ1) is 17.7. The minimum atomic E-state index is -0.488. The molecule has 6 heteroatoms. The summed E-state index contributed by atoms with van der Waals surface area (Å²) in [6, 6.07) is 11.1. The topological polar surface area (TPSA) is 79.5 Å². The molecule has 1 atom stereocenters. The lowest BCUT2D eigenvalue weighted by Crippen LogP contribution is -2.47. The maximum absolute atomic E-state index is 11.7. The van der Waals surface area contributed by atoms with Gasteiger partial charge in [-0.1, -0.05) is 23.7 Å². The van der Waals surface area contributed by atoms with Gasteiger partial charge in [0.15, 0.2) is 0 Å². The Morgan fingerprint density at radius 1 is 1.36 bits per heavy atom. The highest BCUT2D eigenvalue weighted by Gasteiger charge is 2.36. The maximum atomic E-state index is 11.7. The normalized spacial score (nSPS) is 20.5. The maximum Gasteiger partial charge on any atom is 0.252 e. The number of rotatable bonds is 5. The predicted octanol–water partition coefficient (Wildman–Crippen LogP) is 2.66. The van der Waals surface area contributed by atoms with Gasteiger partial charge >= 0.3 is 0 Å². The van der Waals surface area contributed by atoms with Gasteiger partial charge in [-0.3, -0.25) is 4.79 Å². The average Bonchev–Trinajstić information content (AvgIpc) is 2.62. The molecule has 1 unspecified atom stereocenters. The van der Waals surface area contributed by atoms with Crippen LogP contribution in [0.15, 0.2) is 42.6 Å². The Balaban J connectivity index is 1.87. The third-order valence-corrected chi connectivity index (χ3v) is 5.05. The van der Waals surface area contributed by atoms with Crippen LogP contribution >= 0.6 is 11.6 Å². The van der Waals surface area contributed by atoms with Gasteiger partial charge in [0.25, 0.3) is 5.91 Å². The smallest absolute Gasteiger partial charge is 0.252 e. The molecule has 0 saturated carbocycles. The first-order valence-electron chi connectivity index (χ1n) is 8.38. The number of aliphatic hydroxyl groups is 1. The number of benzene rings is 1. The highest BCUT2D eigenvalue weighted by molar-refractivity contribution is 6.30. The van der Waals surface area contributed by atoms with Gasteiger partial charge in [-0.15, -0.1) is 0 Å². The summed E-state index contributed by atoms with van der Waals surface area (Å²) >= 11 is 6.10. The van der Waals surface area contributed by atoms with Gasteiger partial charge in [0.1, 0.15) is 5.82 Å². The van der Waals surface area contributed by atoms with Crippen molar-refractivity contribution in [3.05, 3.63) is 58.7 Å². The fourth-order valence-electron chi connectivity index (χ4n) is 3.64. The summed E-state index contributed by atoms with van der Waals surface area (Å²) in [4.78, 5) is 18.1. The molecule has 5 nitrogen and oxygen atoms in total. The molecule has 0 radical (unpaired) electrons. The van der Waals surface area contributed by atoms with Crippen LogP contribution in [0.25, 0.3) is 0 Å². The summed E-state index contributed by atoms with van der Waals surface area (Å²) in [5.74, 6) is 0.108. The van der Waals surface area contributed by atoms with Crippen molar-refractivity contribution in [2.45, 2.75) is 19.3 Å². The molecule has 2 aromatic rings. The van der Waals surface area contributed by atoms with E-state index in [1.165, 1.54) is 0 Å². The van der Waals surface area contributed by atoms with E-state index in [0.717, 1.165) is 31.4 Å². The van der Waals surface area contributed by atoms with E-state index in [2.05, 4.69) is 9.88 Å². The Labute approximate surface area is 152 Å². The number of carbonyl (C=O) groups is 1. The van der Waals surface area contributed by atoms with Crippen molar-refractivity contribution >= 4 is 23.3 Å². The van der Waals surface area contributed by atoms with Crippen LogP contribution < -0.4 is 10.6 Å². The van der Waals surface area contributed by atoms with Crippen molar-refractivity contribution in [2.24, 2.45) is 11.1 Å². The van der Waals surface area contributed by atoms with Gasteiger partial charge < -0.3 is 15.7 Å². The number of piperidine rings is 1. The van der Waals surface area contributed by atoms with E-state index in [0.29, 0.717) is 22.9 Å². The molecule has 1 amide bonds. The van der Waals surface area contributed by atoms with Gasteiger partial charge in [-0.2, -0.15) is 0 Å². The molecule has 0 aliphatic carbocycles. The van der Waals surface area contributed by atoms with Crippen LogP contribution in [0.2, 0.25) is 5.02 Å². The van der Waals surface area contributed by atoms with Gasteiger partial charge in [-0.25, -0.2) is 4.98 Å². The van der Waals surface area contributed by atoms with E-state index in [1.807, 2.05) is 24.3 Å². The minimum Gasteiger partial charge on any atom is -0.396 e. The molecule has 1 aliphatic heterocycles. The molecule has 3 rings (SSSR count). The number of amides is 1. The number of primary amides is 1. The Hall–Kier alpha value is -2.11. The Morgan fingerprint density at radius 3 is 2.92 bits per heavy atom. The first-order chi connectivity index (χ1) is 12.0. The van der Waals surface area contributed by atoms with E-state index in [-0.39, 0.29) is 12.0 Å². The molecule has 132 valence electrons. The fraction of sp³-hybridized carbons (Fsp3) is 0.368. The van der Waals surface area contributed by atoms with Crippen molar-refractivity contribution < 1.29 is 9.90 Å². The van der Waals surface area contributed by atoms with Gasteiger partial charge in [0.05, 0.1) is 12.2 Å². The number of hydrogen-bond donors (Lipinski definition) is 2. The molecule has 1 aromatic heterocycles. The van der Waals surface area contributed by atoms with Gasteiger partial charge in [0.2, 0.25) is 0 Å². The number of halogens is 1. The molecule has 0 bridgehead atoms. The summed E-state index contributed by atoms with van der Waals surface area (Å²) in [5, 5.41) is 10.8. The second-order valence-electron chi connectivity index (χ2n) is 6.73. The predicted molar refractivity (Wildman–Crippen MR) is 98.9 cm³/mol. The zero-order valence-electron chi connectivity index (χ0n) is 14.0. The summed E-state index contributed by atoms with van der Waals surface area (Å²) < 4.78 is 0. The average molecular weight is 360 g/mol. The summed E-state index contributed by atoms with van der Waals surface area (Å²) in [6.07, 6.45) is 4.20. The van der Waals surface area contributed by atoms with Crippen LogP contribution in [0, 0.1) is 5.41 Å². The number of anilines is 1. The lowest BCUT2D eigenvalue weighted by Gasteiger charge is -2.43. The van der Waals surface area contributed by atoms with E-state index in [1.54, 1.807) is 18.3 Å². The van der Waals surface area contributed by atoms with E-state index in [4.69, 9.17) is 17.3 Å². The third kappa shape index (κ3) is 3.94. The molecule has 1 aromatic carbocycles. The van der Waals surface area contributed by atoms with E-state index < -0.39 is 5.91 Å². The van der Waals surface area contributed by atoms with Crippen molar-refractivity contribution in [2.75, 3.05) is 24.6 Å². The summed E-state index contributed by atoms with van der Waals surface area (Å²) in [7, 11) is 0. The van der Waals surface area contributed by atoms with Crippen molar-refractivity contribution in [3.63, 3.8) is 0 Å². The van der Waals surface area contributed by atoms with E-state index >= 15 is 0 Å². The number of pyridine rings is 1.